The molecule has 8 nitrogen and oxygen atoms in total. The van der Waals surface area contributed by atoms with Gasteiger partial charge in [-0.25, -0.2) is 0 Å². The SMILES string of the molecule is O=C(NC1COCC1C(=O)O)c1cc([N+](=O)[O-])ccc1Br. The van der Waals surface area contributed by atoms with Gasteiger partial charge in [-0.1, -0.05) is 0 Å². The molecule has 0 spiro atoms. The van der Waals surface area contributed by atoms with Crippen molar-refractivity contribution < 1.29 is 24.4 Å². The van der Waals surface area contributed by atoms with Crippen LogP contribution in [0, 0.1) is 16.0 Å². The Morgan fingerprint density at radius 3 is 2.76 bits per heavy atom. The Balaban J connectivity index is 2.18. The molecule has 1 aliphatic rings. The average Bonchev–Trinajstić information content (AvgIpc) is 2.87. The number of non-ortho nitro benzene ring substituents is 1. The smallest absolute Gasteiger partial charge is 0.311 e. The van der Waals surface area contributed by atoms with Crippen molar-refractivity contribution in [1.82, 2.24) is 5.32 Å². The molecule has 9 heteroatoms. The van der Waals surface area contributed by atoms with Crippen LogP contribution in [0.3, 0.4) is 0 Å². The van der Waals surface area contributed by atoms with E-state index in [4.69, 9.17) is 9.84 Å². The summed E-state index contributed by atoms with van der Waals surface area (Å²) in [7, 11) is 0. The number of carboxylic acid groups (broad SMARTS) is 1. The molecule has 1 saturated heterocycles. The van der Waals surface area contributed by atoms with Gasteiger partial charge in [0.1, 0.15) is 5.92 Å². The van der Waals surface area contributed by atoms with Gasteiger partial charge in [0.25, 0.3) is 11.6 Å². The highest BCUT2D eigenvalue weighted by Crippen LogP contribution is 2.23. The number of aliphatic carboxylic acids is 1. The number of rotatable bonds is 4. The number of nitrogens with zero attached hydrogens (tertiary/aromatic N) is 1. The van der Waals surface area contributed by atoms with Crippen LogP contribution in [0.5, 0.6) is 0 Å². The van der Waals surface area contributed by atoms with Crippen molar-refractivity contribution >= 4 is 33.5 Å². The van der Waals surface area contributed by atoms with Gasteiger partial charge in [-0.2, -0.15) is 0 Å². The van der Waals surface area contributed by atoms with Crippen LogP contribution in [0.1, 0.15) is 10.4 Å². The van der Waals surface area contributed by atoms with Crippen LogP contribution >= 0.6 is 15.9 Å². The fourth-order valence-corrected chi connectivity index (χ4v) is 2.41. The zero-order valence-corrected chi connectivity index (χ0v) is 12.2. The van der Waals surface area contributed by atoms with Crippen LogP contribution in [0.25, 0.3) is 0 Å². The number of halogens is 1. The molecular formula is C12H11BrN2O6. The number of nitro benzene ring substituents is 1. The molecule has 21 heavy (non-hydrogen) atoms. The fourth-order valence-electron chi connectivity index (χ4n) is 1.99. The van der Waals surface area contributed by atoms with Gasteiger partial charge in [-0.05, 0) is 22.0 Å². The topological polar surface area (TPSA) is 119 Å². The second-order valence-electron chi connectivity index (χ2n) is 4.48. The van der Waals surface area contributed by atoms with Gasteiger partial charge in [0.15, 0.2) is 0 Å². The molecule has 0 aromatic heterocycles. The van der Waals surface area contributed by atoms with Crippen LogP contribution in [0.4, 0.5) is 5.69 Å². The van der Waals surface area contributed by atoms with Gasteiger partial charge < -0.3 is 15.2 Å². The summed E-state index contributed by atoms with van der Waals surface area (Å²) in [6.07, 6.45) is 0. The first kappa shape index (κ1) is 15.4. The molecule has 0 aliphatic carbocycles. The quantitative estimate of drug-likeness (QED) is 0.616. The van der Waals surface area contributed by atoms with Crippen LogP contribution in [-0.2, 0) is 9.53 Å². The van der Waals surface area contributed by atoms with E-state index in [2.05, 4.69) is 21.2 Å². The van der Waals surface area contributed by atoms with Crippen molar-refractivity contribution in [3.8, 4) is 0 Å². The monoisotopic (exact) mass is 358 g/mol. The highest BCUT2D eigenvalue weighted by molar-refractivity contribution is 9.10. The van der Waals surface area contributed by atoms with Gasteiger partial charge in [0.2, 0.25) is 0 Å². The largest absolute Gasteiger partial charge is 0.481 e. The molecule has 0 bridgehead atoms. The molecule has 2 atom stereocenters. The summed E-state index contributed by atoms with van der Waals surface area (Å²) in [5.41, 5.74) is -0.152. The first-order chi connectivity index (χ1) is 9.90. The Morgan fingerprint density at radius 2 is 2.14 bits per heavy atom. The third kappa shape index (κ3) is 3.37. The van der Waals surface area contributed by atoms with Gasteiger partial charge >= 0.3 is 5.97 Å². The van der Waals surface area contributed by atoms with Gasteiger partial charge in [-0.15, -0.1) is 0 Å². The van der Waals surface area contributed by atoms with Crippen LogP contribution in [-0.4, -0.2) is 41.2 Å². The predicted molar refractivity (Wildman–Crippen MR) is 74.0 cm³/mol. The average molecular weight is 359 g/mol. The molecule has 1 aromatic carbocycles. The molecule has 1 amide bonds. The number of carboxylic acids is 1. The maximum absolute atomic E-state index is 12.2. The number of nitro groups is 1. The lowest BCUT2D eigenvalue weighted by Gasteiger charge is -2.16. The molecule has 0 saturated carbocycles. The number of amides is 1. The van der Waals surface area contributed by atoms with E-state index >= 15 is 0 Å². The molecule has 112 valence electrons. The Hall–Kier alpha value is -2.00. The van der Waals surface area contributed by atoms with E-state index in [0.717, 1.165) is 6.07 Å². The standard InChI is InChI=1S/C12H11BrN2O6/c13-9-2-1-6(15(19)20)3-7(9)11(16)14-10-5-21-4-8(10)12(17)18/h1-3,8,10H,4-5H2,(H,14,16)(H,17,18). The summed E-state index contributed by atoms with van der Waals surface area (Å²) >= 11 is 3.14. The molecule has 1 heterocycles. The number of benzene rings is 1. The first-order valence-electron chi connectivity index (χ1n) is 5.95. The van der Waals surface area contributed by atoms with E-state index < -0.39 is 28.8 Å². The number of carbonyl (C=O) groups is 2. The summed E-state index contributed by atoms with van der Waals surface area (Å²) in [5.74, 6) is -2.48. The number of hydrogen-bond acceptors (Lipinski definition) is 5. The zero-order valence-electron chi connectivity index (χ0n) is 10.6. The molecule has 1 aliphatic heterocycles. The fraction of sp³-hybridized carbons (Fsp3) is 0.333. The molecule has 0 radical (unpaired) electrons. The van der Waals surface area contributed by atoms with Gasteiger partial charge in [-0.3, -0.25) is 19.7 Å². The third-order valence-corrected chi connectivity index (χ3v) is 3.81. The lowest BCUT2D eigenvalue weighted by molar-refractivity contribution is -0.384. The molecular weight excluding hydrogens is 348 g/mol. The minimum Gasteiger partial charge on any atom is -0.481 e. The van der Waals surface area contributed by atoms with Crippen molar-refractivity contribution in [3.63, 3.8) is 0 Å². The Kier molecular flexibility index (Phi) is 4.53. The van der Waals surface area contributed by atoms with Crippen molar-refractivity contribution in [1.29, 1.82) is 0 Å². The molecule has 2 unspecified atom stereocenters. The number of hydrogen-bond donors (Lipinski definition) is 2. The molecule has 2 N–H and O–H groups in total. The Labute approximate surface area is 127 Å². The van der Waals surface area contributed by atoms with Gasteiger partial charge in [0, 0.05) is 16.6 Å². The summed E-state index contributed by atoms with van der Waals surface area (Å²) < 4.78 is 5.43. The number of nitrogens with one attached hydrogen (secondary N) is 1. The number of ether oxygens (including phenoxy) is 1. The van der Waals surface area contributed by atoms with E-state index in [-0.39, 0.29) is 24.5 Å². The normalized spacial score (nSPS) is 21.0. The van der Waals surface area contributed by atoms with Crippen LogP contribution in [0.2, 0.25) is 0 Å². The second kappa shape index (κ2) is 6.19. The summed E-state index contributed by atoms with van der Waals surface area (Å²) in [6.45, 7) is 0.117. The Morgan fingerprint density at radius 1 is 1.43 bits per heavy atom. The second-order valence-corrected chi connectivity index (χ2v) is 5.34. The molecule has 1 fully saturated rings. The maximum Gasteiger partial charge on any atom is 0.311 e. The van der Waals surface area contributed by atoms with E-state index in [1.54, 1.807) is 0 Å². The summed E-state index contributed by atoms with van der Waals surface area (Å²) in [6, 6.07) is 3.12. The highest BCUT2D eigenvalue weighted by atomic mass is 79.9. The van der Waals surface area contributed by atoms with Crippen LogP contribution in [0.15, 0.2) is 22.7 Å². The minimum atomic E-state index is -1.06. The highest BCUT2D eigenvalue weighted by Gasteiger charge is 2.35. The van der Waals surface area contributed by atoms with Crippen molar-refractivity contribution in [3.05, 3.63) is 38.3 Å². The van der Waals surface area contributed by atoms with Crippen molar-refractivity contribution in [2.24, 2.45) is 5.92 Å². The van der Waals surface area contributed by atoms with Crippen molar-refractivity contribution in [2.75, 3.05) is 13.2 Å². The van der Waals surface area contributed by atoms with E-state index in [1.165, 1.54) is 12.1 Å². The van der Waals surface area contributed by atoms with E-state index in [0.29, 0.717) is 4.47 Å². The van der Waals surface area contributed by atoms with Crippen LogP contribution < -0.4 is 5.32 Å². The molecule has 2 rings (SSSR count). The van der Waals surface area contributed by atoms with E-state index in [1.807, 2.05) is 0 Å². The summed E-state index contributed by atoms with van der Waals surface area (Å²) in [5, 5.41) is 22.3. The lowest BCUT2D eigenvalue weighted by Crippen LogP contribution is -2.42. The van der Waals surface area contributed by atoms with Crippen molar-refractivity contribution in [2.45, 2.75) is 6.04 Å². The zero-order chi connectivity index (χ0) is 15.6. The Bertz CT molecular complexity index is 605. The summed E-state index contributed by atoms with van der Waals surface area (Å²) in [4.78, 5) is 33.3. The number of carbonyl (C=O) groups excluding carboxylic acids is 1. The van der Waals surface area contributed by atoms with Gasteiger partial charge in [0.05, 0.1) is 29.7 Å². The minimum absolute atomic E-state index is 0.0242. The van der Waals surface area contributed by atoms with E-state index in [9.17, 15) is 19.7 Å². The molecule has 1 aromatic rings. The predicted octanol–water partition coefficient (Wildman–Crippen LogP) is 1.19. The third-order valence-electron chi connectivity index (χ3n) is 3.12. The maximum atomic E-state index is 12.2. The lowest BCUT2D eigenvalue weighted by atomic mass is 10.0. The first-order valence-corrected chi connectivity index (χ1v) is 6.75.